The first-order valence-electron chi connectivity index (χ1n) is 6.74. The average molecular weight is 304 g/mol. The quantitative estimate of drug-likeness (QED) is 0.750. The summed E-state index contributed by atoms with van der Waals surface area (Å²) in [4.78, 5) is 4.47. The number of aromatic nitrogens is 2. The minimum atomic E-state index is -3.49. The highest BCUT2D eigenvalue weighted by Crippen LogP contribution is 2.21. The van der Waals surface area contributed by atoms with Crippen molar-refractivity contribution in [2.24, 2.45) is 0 Å². The molecule has 7 heteroatoms. The summed E-state index contributed by atoms with van der Waals surface area (Å²) in [6, 6.07) is 3.04. The van der Waals surface area contributed by atoms with Gasteiger partial charge in [-0.2, -0.15) is 12.7 Å². The van der Waals surface area contributed by atoms with Crippen LogP contribution in [-0.2, 0) is 10.2 Å². The first-order chi connectivity index (χ1) is 8.76. The van der Waals surface area contributed by atoms with Gasteiger partial charge in [-0.1, -0.05) is 38.9 Å². The summed E-state index contributed by atoms with van der Waals surface area (Å²) >= 11 is 0. The molecule has 0 aliphatic heterocycles. The number of hydrogen-bond donors (Lipinski definition) is 0. The highest BCUT2D eigenvalue weighted by Gasteiger charge is 2.37. The van der Waals surface area contributed by atoms with E-state index in [2.05, 4.69) is 25.8 Å². The molecule has 0 aliphatic rings. The lowest BCUT2D eigenvalue weighted by Crippen LogP contribution is -2.53. The van der Waals surface area contributed by atoms with Gasteiger partial charge in [-0.05, 0) is 6.92 Å². The maximum atomic E-state index is 12.5. The normalized spacial score (nSPS) is 13.2. The molecule has 0 amide bonds. The Morgan fingerprint density at radius 3 is 2.05 bits per heavy atom. The van der Waals surface area contributed by atoms with Crippen molar-refractivity contribution in [1.82, 2.24) is 13.3 Å². The Balaban J connectivity index is 3.58. The zero-order valence-electron chi connectivity index (χ0n) is 12.8. The van der Waals surface area contributed by atoms with E-state index in [0.717, 1.165) is 23.6 Å². The number of nitrogens with zero attached hydrogens (tertiary/aromatic N) is 3. The Kier molecular flexibility index (Phi) is 4.97. The van der Waals surface area contributed by atoms with Gasteiger partial charge in [-0.15, -0.1) is 0 Å². The van der Waals surface area contributed by atoms with E-state index in [1.165, 1.54) is 8.28 Å². The van der Waals surface area contributed by atoms with Gasteiger partial charge in [0.2, 0.25) is 0 Å². The fourth-order valence-corrected chi connectivity index (χ4v) is 7.78. The molecule has 1 heterocycles. The third-order valence-corrected chi connectivity index (χ3v) is 11.5. The minimum absolute atomic E-state index is 0.691. The van der Waals surface area contributed by atoms with E-state index in [1.54, 1.807) is 27.2 Å². The van der Waals surface area contributed by atoms with Crippen LogP contribution in [0.3, 0.4) is 0 Å². The highest BCUT2D eigenvalue weighted by atomic mass is 32.2. The summed E-state index contributed by atoms with van der Waals surface area (Å²) < 4.78 is 27.7. The van der Waals surface area contributed by atoms with Gasteiger partial charge < -0.3 is 0 Å². The molecule has 0 aromatic carbocycles. The van der Waals surface area contributed by atoms with Crippen LogP contribution in [0.5, 0.6) is 0 Å². The van der Waals surface area contributed by atoms with Crippen molar-refractivity contribution in [1.29, 1.82) is 0 Å². The molecule has 0 spiro atoms. The second-order valence-corrected chi connectivity index (χ2v) is 12.2. The maximum Gasteiger partial charge on any atom is 0.308 e. The molecule has 0 N–H and O–H groups in total. The first-order valence-corrected chi connectivity index (χ1v) is 10.8. The summed E-state index contributed by atoms with van der Waals surface area (Å²) in [7, 11) is -2.19. The van der Waals surface area contributed by atoms with E-state index in [0.29, 0.717) is 5.69 Å². The van der Waals surface area contributed by atoms with Gasteiger partial charge in [0.15, 0.2) is 0 Å². The van der Waals surface area contributed by atoms with Crippen molar-refractivity contribution >= 4 is 23.7 Å². The third-order valence-electron chi connectivity index (χ3n) is 4.08. The van der Waals surface area contributed by atoms with Crippen LogP contribution in [0.1, 0.15) is 26.5 Å². The monoisotopic (exact) mass is 303 g/mol. The molecule has 0 radical (unpaired) electrons. The molecule has 0 saturated carbocycles. The fraction of sp³-hybridized carbons (Fsp3) is 0.750. The van der Waals surface area contributed by atoms with Crippen molar-refractivity contribution in [3.8, 4) is 0 Å². The largest absolute Gasteiger partial charge is 0.308 e. The van der Waals surface area contributed by atoms with Gasteiger partial charge in [-0.3, -0.25) is 0 Å². The number of aryl methyl sites for hydroxylation is 1. The molecule has 1 aromatic rings. The smallest absolute Gasteiger partial charge is 0.246 e. The minimum Gasteiger partial charge on any atom is -0.246 e. The third kappa shape index (κ3) is 2.64. The van der Waals surface area contributed by atoms with Crippen LogP contribution in [0, 0.1) is 6.92 Å². The Hall–Kier alpha value is -0.663. The van der Waals surface area contributed by atoms with Crippen LogP contribution in [0.15, 0.2) is 6.20 Å². The van der Waals surface area contributed by atoms with E-state index in [-0.39, 0.29) is 0 Å². The molecular weight excluding hydrogens is 278 g/mol. The lowest BCUT2D eigenvalue weighted by molar-refractivity contribution is 0.510. The summed E-state index contributed by atoms with van der Waals surface area (Å²) in [5.74, 6) is 0. The molecule has 0 aliphatic carbocycles. The van der Waals surface area contributed by atoms with Crippen molar-refractivity contribution in [2.75, 3.05) is 14.1 Å². The molecule has 1 aromatic heterocycles. The topological polar surface area (TPSA) is 55.2 Å². The van der Waals surface area contributed by atoms with Crippen LogP contribution in [0.25, 0.3) is 0 Å². The molecule has 5 nitrogen and oxygen atoms in total. The van der Waals surface area contributed by atoms with Gasteiger partial charge in [-0.25, -0.2) is 8.96 Å². The Labute approximate surface area is 117 Å². The molecule has 0 atom stereocenters. The van der Waals surface area contributed by atoms with Gasteiger partial charge in [0.1, 0.15) is 13.5 Å². The second-order valence-electron chi connectivity index (χ2n) is 5.12. The summed E-state index contributed by atoms with van der Waals surface area (Å²) in [6.45, 7) is 8.25. The van der Waals surface area contributed by atoms with E-state index < -0.39 is 18.3 Å². The van der Waals surface area contributed by atoms with Gasteiger partial charge in [0.05, 0.1) is 5.69 Å². The molecule has 19 heavy (non-hydrogen) atoms. The number of hydrogen-bond acceptors (Lipinski definition) is 3. The van der Waals surface area contributed by atoms with Gasteiger partial charge in [0.25, 0.3) is 0 Å². The summed E-state index contributed by atoms with van der Waals surface area (Å²) in [6.07, 6.45) is 1.68. The molecule has 110 valence electrons. The number of imidazole rings is 1. The lowest BCUT2D eigenvalue weighted by atomic mass is 10.6. The zero-order chi connectivity index (χ0) is 14.8. The van der Waals surface area contributed by atoms with Crippen molar-refractivity contribution < 1.29 is 8.42 Å². The summed E-state index contributed by atoms with van der Waals surface area (Å²) in [5.41, 5.74) is 1.49. The van der Waals surface area contributed by atoms with E-state index in [9.17, 15) is 8.42 Å². The van der Waals surface area contributed by atoms with Gasteiger partial charge >= 0.3 is 10.2 Å². The Morgan fingerprint density at radius 2 is 1.68 bits per heavy atom. The van der Waals surface area contributed by atoms with Crippen molar-refractivity contribution in [3.63, 3.8) is 0 Å². The van der Waals surface area contributed by atoms with E-state index in [1.807, 2.05) is 0 Å². The van der Waals surface area contributed by atoms with Crippen molar-refractivity contribution in [2.45, 2.75) is 45.8 Å². The van der Waals surface area contributed by atoms with Crippen LogP contribution in [0.4, 0.5) is 0 Å². The predicted molar refractivity (Wildman–Crippen MR) is 81.8 cm³/mol. The van der Waals surface area contributed by atoms with Crippen LogP contribution in [0.2, 0.25) is 18.1 Å². The zero-order valence-corrected chi connectivity index (χ0v) is 14.6. The molecular formula is C12H25N3O2SSi. The molecule has 0 unspecified atom stereocenters. The molecule has 1 rings (SSSR count). The van der Waals surface area contributed by atoms with Crippen molar-refractivity contribution in [3.05, 3.63) is 11.9 Å². The number of rotatable bonds is 6. The molecule has 0 fully saturated rings. The van der Waals surface area contributed by atoms with Crippen LogP contribution >= 0.6 is 0 Å². The van der Waals surface area contributed by atoms with Gasteiger partial charge in [0, 0.05) is 20.3 Å². The van der Waals surface area contributed by atoms with E-state index >= 15 is 0 Å². The second kappa shape index (κ2) is 5.76. The predicted octanol–water partition coefficient (Wildman–Crippen LogP) is 1.56. The molecule has 0 saturated heterocycles. The Bertz CT molecular complexity index is 525. The standard InChI is InChI=1S/C12H25N3O2SSi/c1-7-19(8-2,9-3)12-13-10-11(4)15(12)18(16,17)14(5)6/h10H,7-9H2,1-6H3. The highest BCUT2D eigenvalue weighted by molar-refractivity contribution is 7.87. The van der Waals surface area contributed by atoms with E-state index in [4.69, 9.17) is 0 Å². The van der Waals surface area contributed by atoms with Crippen LogP contribution < -0.4 is 5.45 Å². The first kappa shape index (κ1) is 16.4. The molecule has 0 bridgehead atoms. The maximum absolute atomic E-state index is 12.5. The summed E-state index contributed by atoms with van der Waals surface area (Å²) in [5, 5.41) is 0. The SMILES string of the molecule is CC[Si](CC)(CC)c1ncc(C)n1S(=O)(=O)N(C)C. The Morgan fingerprint density at radius 1 is 1.21 bits per heavy atom. The van der Waals surface area contributed by atoms with Crippen LogP contribution in [-0.4, -0.2) is 43.8 Å². The average Bonchev–Trinajstić information content (AvgIpc) is 2.75. The fourth-order valence-electron chi connectivity index (χ4n) is 2.46. The lowest BCUT2D eigenvalue weighted by Gasteiger charge is -2.29.